The second-order valence-electron chi connectivity index (χ2n) is 4.58. The van der Waals surface area contributed by atoms with E-state index < -0.39 is 0 Å². The first-order chi connectivity index (χ1) is 10.2. The van der Waals surface area contributed by atoms with Gasteiger partial charge in [0, 0.05) is 23.0 Å². The van der Waals surface area contributed by atoms with Crippen molar-refractivity contribution in [3.63, 3.8) is 0 Å². The van der Waals surface area contributed by atoms with Gasteiger partial charge in [-0.05, 0) is 36.8 Å². The van der Waals surface area contributed by atoms with Gasteiger partial charge in [-0.2, -0.15) is 0 Å². The van der Waals surface area contributed by atoms with Gasteiger partial charge in [-0.3, -0.25) is 4.98 Å². The summed E-state index contributed by atoms with van der Waals surface area (Å²) in [5.74, 6) is 0. The Bertz CT molecular complexity index is 771. The lowest BCUT2D eigenvalue weighted by Crippen LogP contribution is -2.03. The second-order valence-corrected chi connectivity index (χ2v) is 4.99. The molecule has 5 nitrogen and oxygen atoms in total. The molecule has 21 heavy (non-hydrogen) atoms. The highest BCUT2D eigenvalue weighted by atomic mass is 35.5. The van der Waals surface area contributed by atoms with E-state index in [2.05, 4.69) is 15.3 Å². The van der Waals surface area contributed by atoms with Crippen LogP contribution in [0.5, 0.6) is 0 Å². The van der Waals surface area contributed by atoms with Crippen LogP contribution in [0.3, 0.4) is 0 Å². The molecular formula is C15H13ClN4O. The summed E-state index contributed by atoms with van der Waals surface area (Å²) in [6.45, 7) is 1.73. The molecule has 2 heterocycles. The lowest BCUT2D eigenvalue weighted by Gasteiger charge is -2.11. The fraction of sp³-hybridized carbons (Fsp3) is 0.133. The van der Waals surface area contributed by atoms with Crippen molar-refractivity contribution in [2.75, 3.05) is 0 Å². The van der Waals surface area contributed by atoms with Gasteiger partial charge in [0.15, 0.2) is 0 Å². The maximum atomic E-state index is 9.50. The van der Waals surface area contributed by atoms with Gasteiger partial charge in [-0.25, -0.2) is 4.68 Å². The Hall–Kier alpha value is -2.24. The van der Waals surface area contributed by atoms with Crippen LogP contribution in [-0.2, 0) is 6.61 Å². The van der Waals surface area contributed by atoms with Crippen molar-refractivity contribution in [3.8, 4) is 16.9 Å². The van der Waals surface area contributed by atoms with Gasteiger partial charge in [-0.1, -0.05) is 22.9 Å². The zero-order valence-corrected chi connectivity index (χ0v) is 12.1. The van der Waals surface area contributed by atoms with Gasteiger partial charge < -0.3 is 5.11 Å². The number of aliphatic hydroxyl groups excluding tert-OH is 1. The third kappa shape index (κ3) is 2.41. The van der Waals surface area contributed by atoms with E-state index in [-0.39, 0.29) is 6.61 Å². The zero-order chi connectivity index (χ0) is 14.8. The van der Waals surface area contributed by atoms with Crippen molar-refractivity contribution in [1.29, 1.82) is 0 Å². The monoisotopic (exact) mass is 300 g/mol. The predicted molar refractivity (Wildman–Crippen MR) is 80.3 cm³/mol. The molecule has 3 rings (SSSR count). The minimum Gasteiger partial charge on any atom is -0.390 e. The van der Waals surface area contributed by atoms with Crippen molar-refractivity contribution < 1.29 is 5.11 Å². The summed E-state index contributed by atoms with van der Waals surface area (Å²) < 4.78 is 1.68. The van der Waals surface area contributed by atoms with E-state index in [1.165, 1.54) is 0 Å². The van der Waals surface area contributed by atoms with Gasteiger partial charge in [0.25, 0.3) is 0 Å². The molecule has 0 saturated carbocycles. The van der Waals surface area contributed by atoms with Gasteiger partial charge >= 0.3 is 0 Å². The number of rotatable bonds is 3. The molecule has 0 spiro atoms. The Kier molecular flexibility index (Phi) is 3.68. The van der Waals surface area contributed by atoms with Gasteiger partial charge in [0.1, 0.15) is 11.4 Å². The summed E-state index contributed by atoms with van der Waals surface area (Å²) in [6.07, 6.45) is 3.41. The maximum Gasteiger partial charge on any atom is 0.117 e. The lowest BCUT2D eigenvalue weighted by molar-refractivity contribution is 0.277. The van der Waals surface area contributed by atoms with E-state index in [1.54, 1.807) is 17.1 Å². The molecule has 106 valence electrons. The maximum absolute atomic E-state index is 9.50. The van der Waals surface area contributed by atoms with E-state index in [4.69, 9.17) is 11.6 Å². The quantitative estimate of drug-likeness (QED) is 0.808. The number of benzene rings is 1. The van der Waals surface area contributed by atoms with Gasteiger partial charge in [-0.15, -0.1) is 5.10 Å². The van der Waals surface area contributed by atoms with Crippen LogP contribution < -0.4 is 0 Å². The molecule has 0 aliphatic rings. The molecule has 0 amide bonds. The molecule has 0 atom stereocenters. The van der Waals surface area contributed by atoms with Crippen molar-refractivity contribution in [2.24, 2.45) is 0 Å². The van der Waals surface area contributed by atoms with Gasteiger partial charge in [0.2, 0.25) is 0 Å². The number of pyridine rings is 1. The molecule has 6 heteroatoms. The minimum atomic E-state index is -0.191. The lowest BCUT2D eigenvalue weighted by atomic mass is 10.1. The van der Waals surface area contributed by atoms with Crippen LogP contribution in [0, 0.1) is 6.92 Å². The van der Waals surface area contributed by atoms with E-state index >= 15 is 0 Å². The summed E-state index contributed by atoms with van der Waals surface area (Å²) in [6, 6.07) is 9.34. The molecular weight excluding hydrogens is 288 g/mol. The molecule has 0 bridgehead atoms. The fourth-order valence-corrected chi connectivity index (χ4v) is 2.37. The van der Waals surface area contributed by atoms with Crippen LogP contribution in [-0.4, -0.2) is 25.1 Å². The van der Waals surface area contributed by atoms with E-state index in [0.717, 1.165) is 22.5 Å². The average molecular weight is 301 g/mol. The molecule has 0 aliphatic heterocycles. The Labute approximate surface area is 126 Å². The summed E-state index contributed by atoms with van der Waals surface area (Å²) in [7, 11) is 0. The summed E-state index contributed by atoms with van der Waals surface area (Å²) in [5, 5.41) is 18.4. The largest absolute Gasteiger partial charge is 0.390 e. The number of hydrogen-bond acceptors (Lipinski definition) is 4. The van der Waals surface area contributed by atoms with Crippen LogP contribution in [0.15, 0.2) is 42.7 Å². The van der Waals surface area contributed by atoms with Crippen LogP contribution in [0.2, 0.25) is 5.02 Å². The Morgan fingerprint density at radius 2 is 2.10 bits per heavy atom. The molecule has 0 saturated heterocycles. The Morgan fingerprint density at radius 3 is 2.81 bits per heavy atom. The number of hydrogen-bond donors (Lipinski definition) is 1. The molecule has 0 fully saturated rings. The van der Waals surface area contributed by atoms with Gasteiger partial charge in [0.05, 0.1) is 12.3 Å². The standard InChI is InChI=1S/C15H13ClN4O/c1-10-12(16)5-2-6-14(10)20-15(13(9-21)18-19-20)11-4-3-7-17-8-11/h2-8,21H,9H2,1H3. The summed E-state index contributed by atoms with van der Waals surface area (Å²) in [4.78, 5) is 4.11. The smallest absolute Gasteiger partial charge is 0.117 e. The SMILES string of the molecule is Cc1c(Cl)cccc1-n1nnc(CO)c1-c1cccnc1. The first-order valence-electron chi connectivity index (χ1n) is 6.43. The van der Waals surface area contributed by atoms with Crippen molar-refractivity contribution in [3.05, 3.63) is 59.0 Å². The molecule has 0 unspecified atom stereocenters. The van der Waals surface area contributed by atoms with E-state index in [0.29, 0.717) is 10.7 Å². The summed E-state index contributed by atoms with van der Waals surface area (Å²) >= 11 is 6.18. The number of aromatic nitrogens is 4. The fourth-order valence-electron chi connectivity index (χ4n) is 2.21. The highest BCUT2D eigenvalue weighted by Crippen LogP contribution is 2.28. The molecule has 3 aromatic rings. The Morgan fingerprint density at radius 1 is 1.24 bits per heavy atom. The molecule has 0 aliphatic carbocycles. The molecule has 1 N–H and O–H groups in total. The Balaban J connectivity index is 2.25. The predicted octanol–water partition coefficient (Wildman–Crippen LogP) is 2.78. The van der Waals surface area contributed by atoms with Crippen molar-refractivity contribution in [2.45, 2.75) is 13.5 Å². The van der Waals surface area contributed by atoms with E-state index in [1.807, 2.05) is 37.3 Å². The second kappa shape index (κ2) is 5.63. The minimum absolute atomic E-state index is 0.191. The highest BCUT2D eigenvalue weighted by molar-refractivity contribution is 6.31. The van der Waals surface area contributed by atoms with Crippen LogP contribution in [0.25, 0.3) is 16.9 Å². The first kappa shape index (κ1) is 13.7. The van der Waals surface area contributed by atoms with Crippen LogP contribution >= 0.6 is 11.6 Å². The van der Waals surface area contributed by atoms with E-state index in [9.17, 15) is 5.11 Å². The molecule has 2 aromatic heterocycles. The third-order valence-corrected chi connectivity index (χ3v) is 3.70. The van der Waals surface area contributed by atoms with Crippen LogP contribution in [0.4, 0.5) is 0 Å². The highest BCUT2D eigenvalue weighted by Gasteiger charge is 2.17. The van der Waals surface area contributed by atoms with Crippen molar-refractivity contribution >= 4 is 11.6 Å². The van der Waals surface area contributed by atoms with Crippen molar-refractivity contribution in [1.82, 2.24) is 20.0 Å². The summed E-state index contributed by atoms with van der Waals surface area (Å²) in [5.41, 5.74) is 3.79. The molecule has 0 radical (unpaired) electrons. The first-order valence-corrected chi connectivity index (χ1v) is 6.81. The normalized spacial score (nSPS) is 10.8. The number of aliphatic hydroxyl groups is 1. The number of nitrogens with zero attached hydrogens (tertiary/aromatic N) is 4. The average Bonchev–Trinajstić information content (AvgIpc) is 2.94. The van der Waals surface area contributed by atoms with Crippen LogP contribution in [0.1, 0.15) is 11.3 Å². The number of halogens is 1. The third-order valence-electron chi connectivity index (χ3n) is 3.29. The zero-order valence-electron chi connectivity index (χ0n) is 11.4. The molecule has 1 aromatic carbocycles. The topological polar surface area (TPSA) is 63.8 Å².